The summed E-state index contributed by atoms with van der Waals surface area (Å²) in [5, 5.41) is 2.75. The number of fused-ring (bicyclic) bond motifs is 1. The largest absolute Gasteiger partial charge is 0.573 e. The smallest absolute Gasteiger partial charge is 0.406 e. The molecule has 3 amide bonds. The van der Waals surface area contributed by atoms with Gasteiger partial charge in [0.2, 0.25) is 11.8 Å². The molecule has 7 nitrogen and oxygen atoms in total. The molecule has 2 saturated heterocycles. The van der Waals surface area contributed by atoms with Crippen LogP contribution in [0.5, 0.6) is 5.75 Å². The highest BCUT2D eigenvalue weighted by molar-refractivity contribution is 5.99. The molecule has 3 rings (SSSR count). The van der Waals surface area contributed by atoms with Crippen LogP contribution in [0.1, 0.15) is 30.6 Å². The quantitative estimate of drug-likeness (QED) is 0.816. The Labute approximate surface area is 165 Å². The second kappa shape index (κ2) is 7.92. The van der Waals surface area contributed by atoms with E-state index in [2.05, 4.69) is 10.1 Å². The first kappa shape index (κ1) is 20.9. The summed E-state index contributed by atoms with van der Waals surface area (Å²) >= 11 is 0. The molecule has 2 fully saturated rings. The van der Waals surface area contributed by atoms with Crippen molar-refractivity contribution >= 4 is 17.7 Å². The minimum Gasteiger partial charge on any atom is -0.406 e. The van der Waals surface area contributed by atoms with Gasteiger partial charge in [0.15, 0.2) is 0 Å². The highest BCUT2D eigenvalue weighted by atomic mass is 19.4. The molecule has 29 heavy (non-hydrogen) atoms. The minimum atomic E-state index is -4.81. The molecule has 2 heterocycles. The summed E-state index contributed by atoms with van der Waals surface area (Å²) in [6.45, 7) is 4.34. The normalized spacial score (nSPS) is 23.3. The van der Waals surface area contributed by atoms with Crippen LogP contribution < -0.4 is 10.1 Å². The number of benzene rings is 1. The number of hydrogen-bond acceptors (Lipinski definition) is 4. The Morgan fingerprint density at radius 1 is 1.24 bits per heavy atom. The summed E-state index contributed by atoms with van der Waals surface area (Å²) in [5.41, 5.74) is 0.174. The fraction of sp³-hybridized carbons (Fsp3) is 0.526. The second-order valence-corrected chi connectivity index (χ2v) is 7.24. The van der Waals surface area contributed by atoms with E-state index < -0.39 is 30.1 Å². The van der Waals surface area contributed by atoms with Crippen molar-refractivity contribution in [3.05, 3.63) is 29.8 Å². The molecule has 0 aliphatic carbocycles. The molecule has 0 saturated carbocycles. The van der Waals surface area contributed by atoms with E-state index in [1.807, 2.05) is 13.8 Å². The van der Waals surface area contributed by atoms with E-state index >= 15 is 0 Å². The minimum absolute atomic E-state index is 0.00416. The molecular weight excluding hydrogens is 391 g/mol. The molecule has 10 heteroatoms. The summed E-state index contributed by atoms with van der Waals surface area (Å²) < 4.78 is 40.5. The number of hydrogen-bond donors (Lipinski definition) is 1. The molecule has 0 aromatic heterocycles. The van der Waals surface area contributed by atoms with Crippen LogP contribution in [-0.4, -0.2) is 65.6 Å². The lowest BCUT2D eigenvalue weighted by atomic mass is 9.93. The maximum Gasteiger partial charge on any atom is 0.573 e. The van der Waals surface area contributed by atoms with Gasteiger partial charge in [-0.1, -0.05) is 20.3 Å². The van der Waals surface area contributed by atoms with Crippen molar-refractivity contribution < 1.29 is 32.3 Å². The SMILES string of the molecule is CC[C@H](C)[C@@H]1NC(=O)[C@H]2CN(C(=O)c3ccc(OC(F)(F)F)cc3)CCN2C1=O. The Morgan fingerprint density at radius 2 is 1.90 bits per heavy atom. The Balaban J connectivity index is 1.68. The number of halogens is 3. The van der Waals surface area contributed by atoms with Crippen LogP contribution in [0.3, 0.4) is 0 Å². The third-order valence-electron chi connectivity index (χ3n) is 5.36. The average molecular weight is 413 g/mol. The Kier molecular flexibility index (Phi) is 5.72. The molecule has 2 aliphatic heterocycles. The number of nitrogens with zero attached hydrogens (tertiary/aromatic N) is 2. The fourth-order valence-corrected chi connectivity index (χ4v) is 3.55. The van der Waals surface area contributed by atoms with E-state index in [0.29, 0.717) is 0 Å². The van der Waals surface area contributed by atoms with Crippen molar-refractivity contribution in [3.8, 4) is 5.75 Å². The zero-order valence-electron chi connectivity index (χ0n) is 16.0. The van der Waals surface area contributed by atoms with Gasteiger partial charge in [-0.2, -0.15) is 0 Å². The van der Waals surface area contributed by atoms with Crippen molar-refractivity contribution in [1.29, 1.82) is 0 Å². The first-order valence-corrected chi connectivity index (χ1v) is 9.36. The van der Waals surface area contributed by atoms with Crippen LogP contribution in [-0.2, 0) is 9.59 Å². The molecule has 0 bridgehead atoms. The van der Waals surface area contributed by atoms with E-state index in [1.54, 1.807) is 0 Å². The maximum atomic E-state index is 12.7. The summed E-state index contributed by atoms with van der Waals surface area (Å²) in [7, 11) is 0. The average Bonchev–Trinajstić information content (AvgIpc) is 2.68. The first-order chi connectivity index (χ1) is 13.6. The lowest BCUT2D eigenvalue weighted by Crippen LogP contribution is -2.70. The van der Waals surface area contributed by atoms with Gasteiger partial charge in [-0.05, 0) is 30.2 Å². The van der Waals surface area contributed by atoms with Crippen molar-refractivity contribution in [3.63, 3.8) is 0 Å². The number of carbonyl (C=O) groups excluding carboxylic acids is 3. The van der Waals surface area contributed by atoms with Crippen LogP contribution in [0.15, 0.2) is 24.3 Å². The molecule has 1 N–H and O–H groups in total. The summed E-state index contributed by atoms with van der Waals surface area (Å²) in [4.78, 5) is 40.9. The van der Waals surface area contributed by atoms with E-state index in [9.17, 15) is 27.6 Å². The molecule has 3 atom stereocenters. The number of ether oxygens (including phenoxy) is 1. The second-order valence-electron chi connectivity index (χ2n) is 7.24. The van der Waals surface area contributed by atoms with Gasteiger partial charge in [0, 0.05) is 18.7 Å². The first-order valence-electron chi connectivity index (χ1n) is 9.36. The molecular formula is C19H22F3N3O4. The number of carbonyl (C=O) groups is 3. The van der Waals surface area contributed by atoms with E-state index in [1.165, 1.54) is 21.9 Å². The van der Waals surface area contributed by atoms with Crippen LogP contribution >= 0.6 is 0 Å². The van der Waals surface area contributed by atoms with Crippen molar-refractivity contribution in [2.75, 3.05) is 19.6 Å². The van der Waals surface area contributed by atoms with E-state index in [-0.39, 0.29) is 42.9 Å². The van der Waals surface area contributed by atoms with Gasteiger partial charge in [-0.25, -0.2) is 0 Å². The maximum absolute atomic E-state index is 12.7. The number of alkyl halides is 3. The predicted octanol–water partition coefficient (Wildman–Crippen LogP) is 1.78. The highest BCUT2D eigenvalue weighted by Crippen LogP contribution is 2.25. The molecule has 0 spiro atoms. The zero-order valence-corrected chi connectivity index (χ0v) is 16.0. The van der Waals surface area contributed by atoms with Gasteiger partial charge in [0.25, 0.3) is 5.91 Å². The number of nitrogens with one attached hydrogen (secondary N) is 1. The molecule has 0 unspecified atom stereocenters. The Hall–Kier alpha value is -2.78. The van der Waals surface area contributed by atoms with Gasteiger partial charge < -0.3 is 19.9 Å². The summed E-state index contributed by atoms with van der Waals surface area (Å²) in [5.74, 6) is -1.30. The van der Waals surface area contributed by atoms with Crippen molar-refractivity contribution in [1.82, 2.24) is 15.1 Å². The van der Waals surface area contributed by atoms with Crippen molar-refractivity contribution in [2.24, 2.45) is 5.92 Å². The number of piperazine rings is 2. The van der Waals surface area contributed by atoms with E-state index in [0.717, 1.165) is 18.6 Å². The summed E-state index contributed by atoms with van der Waals surface area (Å²) in [6, 6.07) is 3.26. The predicted molar refractivity (Wildman–Crippen MR) is 95.9 cm³/mol. The topological polar surface area (TPSA) is 79.0 Å². The van der Waals surface area contributed by atoms with Gasteiger partial charge >= 0.3 is 6.36 Å². The molecule has 1 aromatic rings. The monoisotopic (exact) mass is 413 g/mol. The number of amides is 3. The van der Waals surface area contributed by atoms with Gasteiger partial charge in [-0.3, -0.25) is 14.4 Å². The van der Waals surface area contributed by atoms with Crippen LogP contribution in [0.25, 0.3) is 0 Å². The highest BCUT2D eigenvalue weighted by Gasteiger charge is 2.45. The van der Waals surface area contributed by atoms with Gasteiger partial charge in [0.1, 0.15) is 17.8 Å². The third-order valence-corrected chi connectivity index (χ3v) is 5.36. The van der Waals surface area contributed by atoms with Crippen LogP contribution in [0.2, 0.25) is 0 Å². The van der Waals surface area contributed by atoms with Crippen LogP contribution in [0.4, 0.5) is 13.2 Å². The fourth-order valence-electron chi connectivity index (χ4n) is 3.55. The van der Waals surface area contributed by atoms with Gasteiger partial charge in [0.05, 0.1) is 6.54 Å². The standard InChI is InChI=1S/C19H22F3N3O4/c1-3-11(2)15-18(28)25-9-8-24(10-14(25)16(26)23-15)17(27)12-4-6-13(7-5-12)29-19(20,21)22/h4-7,11,14-15H,3,8-10H2,1-2H3,(H,23,26)/t11-,14+,15-/m0/s1. The Bertz CT molecular complexity index is 797. The molecule has 2 aliphatic rings. The number of rotatable bonds is 4. The third kappa shape index (κ3) is 4.46. The lowest BCUT2D eigenvalue weighted by Gasteiger charge is -2.46. The van der Waals surface area contributed by atoms with Crippen LogP contribution in [0, 0.1) is 5.92 Å². The van der Waals surface area contributed by atoms with Crippen molar-refractivity contribution in [2.45, 2.75) is 38.7 Å². The molecule has 158 valence electrons. The lowest BCUT2D eigenvalue weighted by molar-refractivity contribution is -0.274. The van der Waals surface area contributed by atoms with E-state index in [4.69, 9.17) is 0 Å². The zero-order chi connectivity index (χ0) is 21.3. The Morgan fingerprint density at radius 3 is 2.48 bits per heavy atom. The van der Waals surface area contributed by atoms with Gasteiger partial charge in [-0.15, -0.1) is 13.2 Å². The molecule has 0 radical (unpaired) electrons. The molecule has 1 aromatic carbocycles. The summed E-state index contributed by atoms with van der Waals surface area (Å²) in [6.07, 6.45) is -4.07.